The molecular weight excluding hydrogens is 336 g/mol. The summed E-state index contributed by atoms with van der Waals surface area (Å²) in [4.78, 5) is 16.6. The fraction of sp³-hybridized carbons (Fsp3) is 0.364. The van der Waals surface area contributed by atoms with Gasteiger partial charge in [-0.3, -0.25) is 0 Å². The van der Waals surface area contributed by atoms with Crippen molar-refractivity contribution in [2.24, 2.45) is 0 Å². The van der Waals surface area contributed by atoms with Crippen LogP contribution in [0.4, 0.5) is 4.79 Å². The molecule has 3 aromatic rings. The van der Waals surface area contributed by atoms with E-state index in [9.17, 15) is 4.79 Å². The highest BCUT2D eigenvalue weighted by molar-refractivity contribution is 5.75. The first kappa shape index (κ1) is 17.6. The summed E-state index contributed by atoms with van der Waals surface area (Å²) < 4.78 is 2.13. The minimum absolute atomic E-state index is 0.0762. The fourth-order valence-corrected chi connectivity index (χ4v) is 3.91. The molecule has 4 rings (SSSR count). The second-order valence-electron chi connectivity index (χ2n) is 7.39. The molecule has 5 nitrogen and oxygen atoms in total. The molecular formula is C22H26N4O. The quantitative estimate of drug-likeness (QED) is 0.627. The van der Waals surface area contributed by atoms with Gasteiger partial charge in [-0.05, 0) is 37.0 Å². The van der Waals surface area contributed by atoms with E-state index in [1.165, 1.54) is 12.0 Å². The largest absolute Gasteiger partial charge is 0.338 e. The molecule has 1 fully saturated rings. The number of carbonyl (C=O) groups excluding carboxylic acids is 1. The number of imidazole rings is 1. The topological polar surface area (TPSA) is 59.0 Å². The van der Waals surface area contributed by atoms with E-state index in [1.807, 2.05) is 30.6 Å². The highest BCUT2D eigenvalue weighted by Crippen LogP contribution is 2.43. The number of amides is 2. The number of aryl methyl sites for hydroxylation is 1. The number of fused-ring (bicyclic) bond motifs is 1. The van der Waals surface area contributed by atoms with Crippen molar-refractivity contribution in [3.63, 3.8) is 0 Å². The number of urea groups is 1. The van der Waals surface area contributed by atoms with Crippen LogP contribution in [0, 0.1) is 0 Å². The summed E-state index contributed by atoms with van der Waals surface area (Å²) in [6.45, 7) is 2.19. The molecule has 1 aliphatic rings. The average Bonchev–Trinajstić information content (AvgIpc) is 3.08. The van der Waals surface area contributed by atoms with Gasteiger partial charge in [-0.25, -0.2) is 9.78 Å². The van der Waals surface area contributed by atoms with Crippen molar-refractivity contribution >= 4 is 17.1 Å². The Labute approximate surface area is 159 Å². The van der Waals surface area contributed by atoms with Crippen LogP contribution in [0.2, 0.25) is 0 Å². The van der Waals surface area contributed by atoms with E-state index in [0.29, 0.717) is 13.1 Å². The summed E-state index contributed by atoms with van der Waals surface area (Å²) in [5.41, 5.74) is 3.60. The van der Waals surface area contributed by atoms with Gasteiger partial charge in [-0.15, -0.1) is 0 Å². The van der Waals surface area contributed by atoms with Gasteiger partial charge >= 0.3 is 6.03 Å². The number of hydrogen-bond acceptors (Lipinski definition) is 2. The Kier molecular flexibility index (Phi) is 5.10. The summed E-state index contributed by atoms with van der Waals surface area (Å²) in [7, 11) is 0. The molecule has 1 aromatic heterocycles. The molecule has 5 heteroatoms. The number of carbonyl (C=O) groups is 1. The van der Waals surface area contributed by atoms with Gasteiger partial charge < -0.3 is 15.2 Å². The van der Waals surface area contributed by atoms with Crippen molar-refractivity contribution in [1.29, 1.82) is 0 Å². The van der Waals surface area contributed by atoms with Crippen LogP contribution in [-0.4, -0.2) is 28.7 Å². The van der Waals surface area contributed by atoms with Gasteiger partial charge in [-0.2, -0.15) is 0 Å². The molecule has 0 unspecified atom stereocenters. The Morgan fingerprint density at radius 1 is 1.04 bits per heavy atom. The summed E-state index contributed by atoms with van der Waals surface area (Å²) >= 11 is 0. The van der Waals surface area contributed by atoms with E-state index >= 15 is 0 Å². The smallest absolute Gasteiger partial charge is 0.314 e. The van der Waals surface area contributed by atoms with Crippen LogP contribution in [0.3, 0.4) is 0 Å². The maximum absolute atomic E-state index is 12.2. The summed E-state index contributed by atoms with van der Waals surface area (Å²) in [6.07, 6.45) is 6.26. The Balaban J connectivity index is 1.22. The predicted octanol–water partition coefficient (Wildman–Crippen LogP) is 3.85. The van der Waals surface area contributed by atoms with Crippen LogP contribution in [0.1, 0.15) is 31.2 Å². The van der Waals surface area contributed by atoms with E-state index < -0.39 is 0 Å². The summed E-state index contributed by atoms with van der Waals surface area (Å²) in [6, 6.07) is 18.6. The van der Waals surface area contributed by atoms with Crippen LogP contribution in [-0.2, 0) is 12.0 Å². The molecule has 1 heterocycles. The number of nitrogens with one attached hydrogen (secondary N) is 2. The first-order valence-corrected chi connectivity index (χ1v) is 9.74. The normalized spacial score (nSPS) is 15.3. The van der Waals surface area contributed by atoms with Gasteiger partial charge in [0, 0.05) is 25.0 Å². The van der Waals surface area contributed by atoms with E-state index in [0.717, 1.165) is 36.8 Å². The first-order chi connectivity index (χ1) is 13.3. The second kappa shape index (κ2) is 7.82. The Morgan fingerprint density at radius 3 is 2.59 bits per heavy atom. The van der Waals surface area contributed by atoms with Gasteiger partial charge in [0.1, 0.15) is 0 Å². The van der Waals surface area contributed by atoms with Crippen LogP contribution in [0.25, 0.3) is 11.0 Å². The maximum atomic E-state index is 12.2. The molecule has 2 N–H and O–H groups in total. The fourth-order valence-electron chi connectivity index (χ4n) is 3.91. The molecule has 0 saturated heterocycles. The molecule has 0 spiro atoms. The molecule has 0 atom stereocenters. The molecule has 1 aliphatic carbocycles. The van der Waals surface area contributed by atoms with Crippen molar-refractivity contribution in [2.75, 3.05) is 13.1 Å². The molecule has 27 heavy (non-hydrogen) atoms. The zero-order chi connectivity index (χ0) is 18.5. The number of benzene rings is 2. The van der Waals surface area contributed by atoms with Crippen LogP contribution < -0.4 is 10.6 Å². The van der Waals surface area contributed by atoms with E-state index in [-0.39, 0.29) is 11.4 Å². The van der Waals surface area contributed by atoms with Gasteiger partial charge in [0.25, 0.3) is 0 Å². The van der Waals surface area contributed by atoms with Crippen LogP contribution >= 0.6 is 0 Å². The summed E-state index contributed by atoms with van der Waals surface area (Å²) in [5, 5.41) is 6.06. The average molecular weight is 362 g/mol. The Bertz CT molecular complexity index is 899. The lowest BCUT2D eigenvalue weighted by molar-refractivity contribution is 0.215. The van der Waals surface area contributed by atoms with E-state index in [2.05, 4.69) is 50.5 Å². The second-order valence-corrected chi connectivity index (χ2v) is 7.39. The van der Waals surface area contributed by atoms with Gasteiger partial charge in [0.2, 0.25) is 0 Å². The van der Waals surface area contributed by atoms with Gasteiger partial charge in [-0.1, -0.05) is 48.9 Å². The minimum atomic E-state index is -0.0762. The van der Waals surface area contributed by atoms with Crippen molar-refractivity contribution < 1.29 is 4.79 Å². The van der Waals surface area contributed by atoms with Crippen molar-refractivity contribution in [2.45, 2.75) is 37.6 Å². The van der Waals surface area contributed by atoms with E-state index in [1.54, 1.807) is 0 Å². The third-order valence-corrected chi connectivity index (χ3v) is 5.67. The number of rotatable bonds is 7. The molecule has 2 amide bonds. The number of aromatic nitrogens is 2. The molecule has 0 radical (unpaired) electrons. The molecule has 0 aliphatic heterocycles. The van der Waals surface area contributed by atoms with Gasteiger partial charge in [0.15, 0.2) is 0 Å². The highest BCUT2D eigenvalue weighted by Gasteiger charge is 2.38. The van der Waals surface area contributed by atoms with Crippen molar-refractivity contribution in [3.8, 4) is 0 Å². The Morgan fingerprint density at radius 2 is 1.81 bits per heavy atom. The molecule has 2 aromatic carbocycles. The Hall–Kier alpha value is -2.82. The maximum Gasteiger partial charge on any atom is 0.314 e. The molecule has 0 bridgehead atoms. The number of nitrogens with zero attached hydrogens (tertiary/aromatic N) is 2. The zero-order valence-electron chi connectivity index (χ0n) is 15.5. The zero-order valence-corrected chi connectivity index (χ0v) is 15.5. The monoisotopic (exact) mass is 362 g/mol. The van der Waals surface area contributed by atoms with Crippen LogP contribution in [0.5, 0.6) is 0 Å². The first-order valence-electron chi connectivity index (χ1n) is 9.74. The third kappa shape index (κ3) is 3.82. The number of hydrogen-bond donors (Lipinski definition) is 2. The lowest BCUT2D eigenvalue weighted by Crippen LogP contribution is -2.48. The van der Waals surface area contributed by atoms with E-state index in [4.69, 9.17) is 0 Å². The number of para-hydroxylation sites is 2. The summed E-state index contributed by atoms with van der Waals surface area (Å²) in [5.74, 6) is 0. The molecule has 1 saturated carbocycles. The lowest BCUT2D eigenvalue weighted by Gasteiger charge is -2.42. The van der Waals surface area contributed by atoms with Crippen LogP contribution in [0.15, 0.2) is 60.9 Å². The SMILES string of the molecule is O=C(NCCCn1cnc2ccccc21)NCC1(c2ccccc2)CCC1. The lowest BCUT2D eigenvalue weighted by atomic mass is 9.64. The van der Waals surface area contributed by atoms with Crippen molar-refractivity contribution in [1.82, 2.24) is 20.2 Å². The van der Waals surface area contributed by atoms with Crippen molar-refractivity contribution in [3.05, 3.63) is 66.5 Å². The minimum Gasteiger partial charge on any atom is -0.338 e. The standard InChI is InChI=1S/C22H26N4O/c27-21(24-16-22(12-6-13-22)18-8-2-1-3-9-18)23-14-7-15-26-17-25-19-10-4-5-11-20(19)26/h1-5,8-11,17H,6-7,12-16H2,(H2,23,24,27). The highest BCUT2D eigenvalue weighted by atomic mass is 16.2. The molecule has 140 valence electrons. The third-order valence-electron chi connectivity index (χ3n) is 5.67. The predicted molar refractivity (Wildman–Crippen MR) is 108 cm³/mol. The van der Waals surface area contributed by atoms with Gasteiger partial charge in [0.05, 0.1) is 17.4 Å².